The Balaban J connectivity index is 2.03. The number of fused-ring (bicyclic) bond motifs is 1. The minimum atomic E-state index is -1.18. The number of esters is 3. The molecule has 1 aromatic carbocycles. The maximum Gasteiger partial charge on any atom is 0.416 e. The van der Waals surface area contributed by atoms with Gasteiger partial charge in [-0.1, -0.05) is 18.2 Å². The summed E-state index contributed by atoms with van der Waals surface area (Å²) in [5.74, 6) is 0.0544. The molecule has 36 heavy (non-hydrogen) atoms. The molecule has 0 saturated carbocycles. The topological polar surface area (TPSA) is 124 Å². The highest BCUT2D eigenvalue weighted by molar-refractivity contribution is 6.16. The van der Waals surface area contributed by atoms with Gasteiger partial charge in [0.2, 0.25) is 0 Å². The van der Waals surface area contributed by atoms with Crippen molar-refractivity contribution in [3.8, 4) is 12.3 Å². The van der Waals surface area contributed by atoms with Gasteiger partial charge in [-0.15, -0.1) is 12.3 Å². The van der Waals surface area contributed by atoms with Gasteiger partial charge in [0.25, 0.3) is 0 Å². The van der Waals surface area contributed by atoms with Gasteiger partial charge < -0.3 is 23.8 Å². The number of hydrogen-bond donors (Lipinski definition) is 0. The molecule has 0 aromatic heterocycles. The van der Waals surface area contributed by atoms with Crippen molar-refractivity contribution in [2.45, 2.75) is 30.3 Å². The van der Waals surface area contributed by atoms with Crippen LogP contribution in [0.1, 0.15) is 18.4 Å². The van der Waals surface area contributed by atoms with Crippen LogP contribution in [0.3, 0.4) is 0 Å². The van der Waals surface area contributed by atoms with Crippen molar-refractivity contribution in [2.75, 3.05) is 39.9 Å². The van der Waals surface area contributed by atoms with E-state index in [2.05, 4.69) is 10.9 Å². The van der Waals surface area contributed by atoms with Crippen LogP contribution in [-0.4, -0.2) is 81.8 Å². The first-order chi connectivity index (χ1) is 17.3. The van der Waals surface area contributed by atoms with Crippen LogP contribution in [0.5, 0.6) is 0 Å². The number of para-hydroxylation sites is 1. The zero-order chi connectivity index (χ0) is 26.2. The summed E-state index contributed by atoms with van der Waals surface area (Å²) >= 11 is 0. The number of rotatable bonds is 5. The highest BCUT2D eigenvalue weighted by atomic mass is 16.6. The van der Waals surface area contributed by atoms with Crippen LogP contribution in [0.4, 0.5) is 10.5 Å². The Labute approximate surface area is 207 Å². The number of anilines is 1. The number of methoxy groups -OCH3 is 3. The number of carbonyl (C=O) groups is 4. The fourth-order valence-electron chi connectivity index (χ4n) is 5.35. The van der Waals surface area contributed by atoms with Crippen molar-refractivity contribution in [1.29, 1.82) is 0 Å². The van der Waals surface area contributed by atoms with Crippen molar-refractivity contribution < 1.29 is 38.1 Å². The van der Waals surface area contributed by atoms with Crippen LogP contribution in [0, 0.1) is 12.3 Å². The van der Waals surface area contributed by atoms with Gasteiger partial charge in [0, 0.05) is 19.2 Å². The number of likely N-dealkylation sites (tertiary alicyclic amines) is 1. The van der Waals surface area contributed by atoms with Crippen LogP contribution in [0.25, 0.3) is 0 Å². The van der Waals surface area contributed by atoms with Gasteiger partial charge in [0.05, 0.1) is 38.4 Å². The fourth-order valence-corrected chi connectivity index (χ4v) is 5.35. The molecule has 0 aliphatic carbocycles. The van der Waals surface area contributed by atoms with Gasteiger partial charge in [-0.25, -0.2) is 29.1 Å². The third-order valence-corrected chi connectivity index (χ3v) is 6.75. The van der Waals surface area contributed by atoms with Crippen LogP contribution in [-0.2, 0) is 38.7 Å². The second-order valence-corrected chi connectivity index (χ2v) is 8.36. The number of likely N-dealkylation sites (N-methyl/N-ethyl adjacent to an activating group) is 1. The molecule has 1 saturated heterocycles. The van der Waals surface area contributed by atoms with Gasteiger partial charge in [-0.05, 0) is 18.1 Å². The predicted molar refractivity (Wildman–Crippen MR) is 126 cm³/mol. The van der Waals surface area contributed by atoms with Gasteiger partial charge >= 0.3 is 24.0 Å². The molecule has 3 unspecified atom stereocenters. The molecule has 3 aliphatic rings. The molecule has 11 nitrogen and oxygen atoms in total. The summed E-state index contributed by atoms with van der Waals surface area (Å²) in [5.41, 5.74) is -0.107. The fraction of sp³-hybridized carbons (Fsp3) is 0.400. The van der Waals surface area contributed by atoms with Gasteiger partial charge in [-0.2, -0.15) is 0 Å². The maximum atomic E-state index is 13.3. The van der Waals surface area contributed by atoms with E-state index < -0.39 is 41.5 Å². The third kappa shape index (κ3) is 3.40. The first-order valence-electron chi connectivity index (χ1n) is 11.1. The number of amidine groups is 1. The molecule has 3 aliphatic heterocycles. The summed E-state index contributed by atoms with van der Waals surface area (Å²) in [6.45, 7) is -0.0902. The molecule has 1 spiro atoms. The van der Waals surface area contributed by atoms with Gasteiger partial charge in [0.15, 0.2) is 5.70 Å². The Kier molecular flexibility index (Phi) is 6.45. The molecule has 0 bridgehead atoms. The average Bonchev–Trinajstić information content (AvgIpc) is 3.38. The van der Waals surface area contributed by atoms with Crippen LogP contribution < -0.4 is 4.90 Å². The minimum absolute atomic E-state index is 0.0176. The number of terminal acetylenes is 1. The standard InChI is InChI=1S/C25H25N3O8/c1-6-7-12-36-24(32)28-16(20(29)33-3)13-25-14-10-8-9-11-15(14)27(2)19(25)17(21(30)34-4)18(22(31)35-5)26-23(25)28/h1,8-11,16,19H,7,12-13H2,2-5H3. The molecular formula is C25H25N3O8. The second-order valence-electron chi connectivity index (χ2n) is 8.36. The number of ether oxygens (including phenoxy) is 4. The molecule has 1 aromatic rings. The Morgan fingerprint density at radius 2 is 1.81 bits per heavy atom. The molecule has 1 fully saturated rings. The minimum Gasteiger partial charge on any atom is -0.467 e. The van der Waals surface area contributed by atoms with E-state index in [1.165, 1.54) is 14.2 Å². The summed E-state index contributed by atoms with van der Waals surface area (Å²) in [6.07, 6.45) is 4.57. The van der Waals surface area contributed by atoms with E-state index in [1.807, 2.05) is 18.2 Å². The van der Waals surface area contributed by atoms with Gasteiger partial charge in [-0.3, -0.25) is 0 Å². The van der Waals surface area contributed by atoms with E-state index in [0.717, 1.165) is 23.3 Å². The lowest BCUT2D eigenvalue weighted by molar-refractivity contribution is -0.144. The third-order valence-electron chi connectivity index (χ3n) is 6.75. The van der Waals surface area contributed by atoms with E-state index in [9.17, 15) is 19.2 Å². The lowest BCUT2D eigenvalue weighted by Crippen LogP contribution is -2.55. The number of amides is 1. The van der Waals surface area contributed by atoms with Crippen molar-refractivity contribution in [3.63, 3.8) is 0 Å². The van der Waals surface area contributed by atoms with E-state index in [-0.39, 0.29) is 36.6 Å². The normalized spacial score (nSPS) is 23.6. The molecule has 3 atom stereocenters. The van der Waals surface area contributed by atoms with Gasteiger partial charge in [0.1, 0.15) is 18.5 Å². The smallest absolute Gasteiger partial charge is 0.416 e. The number of nitrogens with zero attached hydrogens (tertiary/aromatic N) is 3. The van der Waals surface area contributed by atoms with Crippen molar-refractivity contribution in [1.82, 2.24) is 4.90 Å². The maximum absolute atomic E-state index is 13.3. The molecule has 188 valence electrons. The quantitative estimate of drug-likeness (QED) is 0.256. The molecule has 4 rings (SSSR count). The van der Waals surface area contributed by atoms with E-state index in [4.69, 9.17) is 25.4 Å². The van der Waals surface area contributed by atoms with E-state index in [0.29, 0.717) is 0 Å². The van der Waals surface area contributed by atoms with E-state index in [1.54, 1.807) is 18.0 Å². The Morgan fingerprint density at radius 1 is 1.11 bits per heavy atom. The molecule has 11 heteroatoms. The Bertz CT molecular complexity index is 1250. The highest BCUT2D eigenvalue weighted by Gasteiger charge is 2.67. The van der Waals surface area contributed by atoms with Crippen molar-refractivity contribution in [2.24, 2.45) is 4.99 Å². The summed E-state index contributed by atoms with van der Waals surface area (Å²) in [5, 5.41) is 0. The number of benzene rings is 1. The summed E-state index contributed by atoms with van der Waals surface area (Å²) < 4.78 is 20.3. The summed E-state index contributed by atoms with van der Waals surface area (Å²) in [4.78, 5) is 59.6. The van der Waals surface area contributed by atoms with Crippen molar-refractivity contribution >= 4 is 35.5 Å². The lowest BCUT2D eigenvalue weighted by Gasteiger charge is -2.39. The molecule has 0 N–H and O–H groups in total. The Morgan fingerprint density at radius 3 is 2.44 bits per heavy atom. The molecular weight excluding hydrogens is 470 g/mol. The highest BCUT2D eigenvalue weighted by Crippen LogP contribution is 2.57. The second kappa shape index (κ2) is 9.37. The number of hydrogen-bond acceptors (Lipinski definition) is 10. The zero-order valence-corrected chi connectivity index (χ0v) is 20.3. The first-order valence-corrected chi connectivity index (χ1v) is 11.1. The molecule has 1 amide bonds. The van der Waals surface area contributed by atoms with Crippen LogP contribution >= 0.6 is 0 Å². The SMILES string of the molecule is C#CCCOC(=O)N1C2=NC(C(=O)OC)=C(C(=O)OC)C3N(C)c4ccccc4C23CC1C(=O)OC. The largest absolute Gasteiger partial charge is 0.467 e. The average molecular weight is 495 g/mol. The first kappa shape index (κ1) is 24.8. The molecule has 0 radical (unpaired) electrons. The molecule has 3 heterocycles. The number of carbonyl (C=O) groups excluding carboxylic acids is 4. The zero-order valence-electron chi connectivity index (χ0n) is 20.3. The monoisotopic (exact) mass is 495 g/mol. The van der Waals surface area contributed by atoms with E-state index >= 15 is 0 Å². The Hall–Kier alpha value is -4.33. The van der Waals surface area contributed by atoms with Crippen molar-refractivity contribution in [3.05, 3.63) is 41.1 Å². The predicted octanol–water partition coefficient (Wildman–Crippen LogP) is 1.16. The number of aliphatic imine (C=N–C) groups is 1. The van der Waals surface area contributed by atoms with Crippen LogP contribution in [0.2, 0.25) is 0 Å². The lowest BCUT2D eigenvalue weighted by atomic mass is 9.69. The summed E-state index contributed by atoms with van der Waals surface area (Å²) in [6, 6.07) is 5.31. The summed E-state index contributed by atoms with van der Waals surface area (Å²) in [7, 11) is 5.30. The van der Waals surface area contributed by atoms with Crippen LogP contribution in [0.15, 0.2) is 40.5 Å².